The zero-order valence-corrected chi connectivity index (χ0v) is 18.4. The maximum Gasteiger partial charge on any atom is 0.342 e. The van der Waals surface area contributed by atoms with Gasteiger partial charge in [0.1, 0.15) is 22.6 Å². The summed E-state index contributed by atoms with van der Waals surface area (Å²) in [7, 11) is 6.74. The fourth-order valence-electron chi connectivity index (χ4n) is 1.84. The van der Waals surface area contributed by atoms with Crippen molar-refractivity contribution in [2.75, 3.05) is 41.4 Å². The molecule has 0 saturated heterocycles. The molecular weight excluding hydrogens is 404 g/mol. The Morgan fingerprint density at radius 3 is 1.36 bits per heavy atom. The summed E-state index contributed by atoms with van der Waals surface area (Å²) in [6.45, 7) is 3.66. The Bertz CT molecular complexity index is 701. The molecule has 0 unspecified atom stereocenters. The van der Waals surface area contributed by atoms with Crippen LogP contribution in [0.15, 0.2) is 12.1 Å². The zero-order valence-electron chi connectivity index (χ0n) is 16.7. The summed E-state index contributed by atoms with van der Waals surface area (Å²) in [4.78, 5) is 27.9. The second kappa shape index (κ2) is 10.8. The molecule has 0 aromatic heterocycles. The van der Waals surface area contributed by atoms with Crippen molar-refractivity contribution < 1.29 is 28.5 Å². The average molecular weight is 429 g/mol. The van der Waals surface area contributed by atoms with Crippen molar-refractivity contribution in [1.29, 1.82) is 0 Å². The topological polar surface area (TPSA) is 77.5 Å². The predicted octanol–water partition coefficient (Wildman–Crippen LogP) is 2.49. The van der Waals surface area contributed by atoms with Gasteiger partial charge in [-0.1, -0.05) is 0 Å². The van der Waals surface area contributed by atoms with Gasteiger partial charge in [0.2, 0.25) is 0 Å². The van der Waals surface area contributed by atoms with Crippen LogP contribution < -0.4 is 9.47 Å². The van der Waals surface area contributed by atoms with E-state index in [1.807, 2.05) is 0 Å². The summed E-state index contributed by atoms with van der Waals surface area (Å²) in [5.74, 6) is -1.23. The van der Waals surface area contributed by atoms with Crippen LogP contribution in [-0.2, 0) is 9.47 Å². The first-order valence-electron chi connectivity index (χ1n) is 8.42. The Kier molecular flexibility index (Phi) is 9.07. The van der Waals surface area contributed by atoms with Crippen molar-refractivity contribution in [2.45, 2.75) is 13.8 Å². The lowest BCUT2D eigenvalue weighted by Crippen LogP contribution is -2.27. The number of carbonyl (C=O) groups is 2. The van der Waals surface area contributed by atoms with Crippen LogP contribution in [0.2, 0.25) is 0 Å². The lowest BCUT2D eigenvalue weighted by Gasteiger charge is -2.20. The molecule has 1 rings (SSSR count). The molecule has 0 radical (unpaired) electrons. The molecule has 1 aromatic carbocycles. The van der Waals surface area contributed by atoms with Gasteiger partial charge in [0.05, 0.1) is 13.2 Å². The summed E-state index contributed by atoms with van der Waals surface area (Å²) >= 11 is 10.3. The maximum atomic E-state index is 12.4. The minimum absolute atomic E-state index is 0.0376. The van der Waals surface area contributed by atoms with Gasteiger partial charge in [-0.25, -0.2) is 9.59 Å². The molecule has 0 aliphatic heterocycles. The van der Waals surface area contributed by atoms with Gasteiger partial charge in [0, 0.05) is 40.3 Å². The molecule has 154 valence electrons. The summed E-state index contributed by atoms with van der Waals surface area (Å²) in [6.07, 6.45) is 0. The molecule has 0 aliphatic carbocycles. The van der Waals surface area contributed by atoms with Crippen LogP contribution in [0.25, 0.3) is 0 Å². The Morgan fingerprint density at radius 2 is 1.11 bits per heavy atom. The smallest absolute Gasteiger partial charge is 0.342 e. The summed E-state index contributed by atoms with van der Waals surface area (Å²) in [5, 5.41) is 0.190. The van der Waals surface area contributed by atoms with E-state index < -0.39 is 11.9 Å². The van der Waals surface area contributed by atoms with E-state index >= 15 is 0 Å². The largest absolute Gasteiger partial charge is 0.462 e. The van der Waals surface area contributed by atoms with Crippen molar-refractivity contribution in [3.05, 3.63) is 23.3 Å². The first-order valence-corrected chi connectivity index (χ1v) is 9.24. The average Bonchev–Trinajstić information content (AvgIpc) is 2.62. The number of ether oxygens (including phenoxy) is 4. The molecule has 0 saturated carbocycles. The number of rotatable bonds is 6. The highest BCUT2D eigenvalue weighted by atomic mass is 32.1. The van der Waals surface area contributed by atoms with Crippen LogP contribution >= 0.6 is 24.4 Å². The van der Waals surface area contributed by atoms with E-state index in [2.05, 4.69) is 0 Å². The molecule has 0 heterocycles. The summed E-state index contributed by atoms with van der Waals surface area (Å²) < 4.78 is 21.4. The normalized spacial score (nSPS) is 9.93. The number of thiocarbonyl (C=S) groups is 2. The fourth-order valence-corrected chi connectivity index (χ4v) is 2.02. The van der Waals surface area contributed by atoms with Crippen molar-refractivity contribution >= 4 is 46.7 Å². The lowest BCUT2D eigenvalue weighted by molar-refractivity contribution is 0.0506. The highest BCUT2D eigenvalue weighted by Crippen LogP contribution is 2.31. The Hall–Kier alpha value is -2.46. The number of hydrogen-bond acceptors (Lipinski definition) is 8. The molecular formula is C18H24N2O6S2. The zero-order chi connectivity index (χ0) is 21.4. The first-order chi connectivity index (χ1) is 13.1. The van der Waals surface area contributed by atoms with Gasteiger partial charge in [-0.2, -0.15) is 0 Å². The van der Waals surface area contributed by atoms with Crippen molar-refractivity contribution in [3.63, 3.8) is 0 Å². The maximum absolute atomic E-state index is 12.4. The van der Waals surface area contributed by atoms with Gasteiger partial charge in [-0.05, 0) is 38.3 Å². The summed E-state index contributed by atoms with van der Waals surface area (Å²) in [5.41, 5.74) is 0.0753. The molecule has 0 aliphatic rings. The molecule has 10 heteroatoms. The first kappa shape index (κ1) is 23.6. The van der Waals surface area contributed by atoms with Gasteiger partial charge in [0.15, 0.2) is 0 Å². The van der Waals surface area contributed by atoms with Crippen molar-refractivity contribution in [3.8, 4) is 11.5 Å². The van der Waals surface area contributed by atoms with Crippen LogP contribution in [0.3, 0.4) is 0 Å². The van der Waals surface area contributed by atoms with Gasteiger partial charge < -0.3 is 28.7 Å². The Morgan fingerprint density at radius 1 is 0.786 bits per heavy atom. The molecule has 0 bridgehead atoms. The third kappa shape index (κ3) is 6.31. The Labute approximate surface area is 175 Å². The van der Waals surface area contributed by atoms with E-state index in [9.17, 15) is 9.59 Å². The molecule has 0 spiro atoms. The number of hydrogen-bond donors (Lipinski definition) is 0. The van der Waals surface area contributed by atoms with E-state index in [1.165, 1.54) is 12.1 Å². The van der Waals surface area contributed by atoms with Crippen LogP contribution in [0.4, 0.5) is 0 Å². The monoisotopic (exact) mass is 428 g/mol. The number of esters is 2. The molecule has 1 aromatic rings. The molecule has 0 amide bonds. The van der Waals surface area contributed by atoms with E-state index in [0.717, 1.165) is 0 Å². The third-order valence-corrected chi connectivity index (χ3v) is 4.09. The quantitative estimate of drug-likeness (QED) is 0.498. The third-order valence-electron chi connectivity index (χ3n) is 3.20. The molecule has 0 atom stereocenters. The number of carbonyl (C=O) groups excluding carboxylic acids is 2. The second-order valence-electron chi connectivity index (χ2n) is 5.81. The van der Waals surface area contributed by atoms with E-state index in [0.29, 0.717) is 0 Å². The van der Waals surface area contributed by atoms with Gasteiger partial charge >= 0.3 is 11.9 Å². The minimum atomic E-state index is -0.657. The van der Waals surface area contributed by atoms with Crippen LogP contribution in [-0.4, -0.2) is 73.5 Å². The van der Waals surface area contributed by atoms with Gasteiger partial charge in [-0.15, -0.1) is 0 Å². The van der Waals surface area contributed by atoms with Crippen molar-refractivity contribution in [2.24, 2.45) is 0 Å². The summed E-state index contributed by atoms with van der Waals surface area (Å²) in [6, 6.07) is 2.65. The number of benzene rings is 1. The van der Waals surface area contributed by atoms with Crippen LogP contribution in [0, 0.1) is 0 Å². The highest BCUT2D eigenvalue weighted by Gasteiger charge is 2.25. The second-order valence-corrected chi connectivity index (χ2v) is 6.51. The Balaban J connectivity index is 3.56. The highest BCUT2D eigenvalue weighted by molar-refractivity contribution is 7.80. The van der Waals surface area contributed by atoms with Gasteiger partial charge in [-0.3, -0.25) is 0 Å². The SMILES string of the molecule is CCOC(=O)c1cc(OC(=S)N(C)C)c(C(=O)OCC)cc1OC(=S)N(C)C. The lowest BCUT2D eigenvalue weighted by atomic mass is 10.1. The molecule has 28 heavy (non-hydrogen) atoms. The molecule has 8 nitrogen and oxygen atoms in total. The van der Waals surface area contributed by atoms with Crippen molar-refractivity contribution in [1.82, 2.24) is 9.80 Å². The molecule has 0 fully saturated rings. The van der Waals surface area contributed by atoms with Crippen LogP contribution in [0.1, 0.15) is 34.6 Å². The minimum Gasteiger partial charge on any atom is -0.462 e. The van der Waals surface area contributed by atoms with E-state index in [4.69, 9.17) is 43.4 Å². The standard InChI is InChI=1S/C18H24N2O6S2/c1-7-23-15(21)11-9-14(26-18(28)20(5)6)12(16(22)24-8-2)10-13(11)25-17(27)19(3)4/h9-10H,7-8H2,1-6H3. The van der Waals surface area contributed by atoms with E-state index in [1.54, 1.807) is 51.8 Å². The predicted molar refractivity (Wildman–Crippen MR) is 112 cm³/mol. The van der Waals surface area contributed by atoms with E-state index in [-0.39, 0.29) is 46.2 Å². The molecule has 0 N–H and O–H groups in total. The fraction of sp³-hybridized carbons (Fsp3) is 0.444. The van der Waals surface area contributed by atoms with Crippen LogP contribution in [0.5, 0.6) is 11.5 Å². The van der Waals surface area contributed by atoms with Gasteiger partial charge in [0.25, 0.3) is 10.3 Å². The number of nitrogens with zero attached hydrogens (tertiary/aromatic N) is 2.